The summed E-state index contributed by atoms with van der Waals surface area (Å²) in [7, 11) is 0. The van der Waals surface area contributed by atoms with E-state index < -0.39 is 0 Å². The number of nitrogens with one attached hydrogen (secondary N) is 1. The van der Waals surface area contributed by atoms with Crippen molar-refractivity contribution in [2.75, 3.05) is 6.61 Å². The molecule has 0 aliphatic heterocycles. The van der Waals surface area contributed by atoms with Gasteiger partial charge in [-0.3, -0.25) is 0 Å². The van der Waals surface area contributed by atoms with Gasteiger partial charge in [-0.15, -0.1) is 0 Å². The number of alkyl carbamates (subject to hydrolysis) is 1. The second-order valence-corrected chi connectivity index (χ2v) is 14.3. The Morgan fingerprint density at radius 1 is 0.972 bits per heavy atom. The van der Waals surface area contributed by atoms with E-state index in [9.17, 15) is 15.0 Å². The molecule has 12 atom stereocenters. The van der Waals surface area contributed by atoms with Crippen LogP contribution < -0.4 is 5.32 Å². The summed E-state index contributed by atoms with van der Waals surface area (Å²) < 4.78 is 5.59. The fourth-order valence-electron chi connectivity index (χ4n) is 10.4. The molecule has 5 heteroatoms. The summed E-state index contributed by atoms with van der Waals surface area (Å²) in [6.07, 6.45) is 11.6. The van der Waals surface area contributed by atoms with Crippen LogP contribution in [-0.2, 0) is 4.74 Å². The number of aliphatic hydroxyl groups excluding tert-OH is 2. The summed E-state index contributed by atoms with van der Waals surface area (Å²) in [6, 6.07) is 0.224. The lowest BCUT2D eigenvalue weighted by Gasteiger charge is -2.64. The van der Waals surface area contributed by atoms with E-state index in [1.807, 2.05) is 0 Å². The van der Waals surface area contributed by atoms with Crippen molar-refractivity contribution in [2.45, 2.75) is 123 Å². The third kappa shape index (κ3) is 4.52. The normalized spacial score (nSPS) is 47.8. The Kier molecular flexibility index (Phi) is 7.48. The molecule has 0 saturated heterocycles. The molecule has 5 aliphatic rings. The van der Waals surface area contributed by atoms with Gasteiger partial charge in [0.05, 0.1) is 18.8 Å². The second kappa shape index (κ2) is 10.1. The molecule has 0 heterocycles. The van der Waals surface area contributed by atoms with Crippen molar-refractivity contribution in [2.24, 2.45) is 58.2 Å². The predicted molar refractivity (Wildman–Crippen MR) is 142 cm³/mol. The molecular formula is C31H53NO4. The highest BCUT2D eigenvalue weighted by molar-refractivity contribution is 5.67. The molecular weight excluding hydrogens is 450 g/mol. The first-order valence-corrected chi connectivity index (χ1v) is 15.4. The van der Waals surface area contributed by atoms with Crippen LogP contribution in [0.3, 0.4) is 0 Å². The fraction of sp³-hybridized carbons (Fsp3) is 0.968. The van der Waals surface area contributed by atoms with Crippen LogP contribution in [0.25, 0.3) is 0 Å². The highest BCUT2D eigenvalue weighted by Gasteiger charge is 2.64. The minimum Gasteiger partial charge on any atom is -0.450 e. The summed E-state index contributed by atoms with van der Waals surface area (Å²) in [5, 5.41) is 25.4. The monoisotopic (exact) mass is 503 g/mol. The van der Waals surface area contributed by atoms with Gasteiger partial charge in [0.1, 0.15) is 0 Å². The molecule has 0 aromatic heterocycles. The lowest BCUT2D eigenvalue weighted by molar-refractivity contribution is -0.203. The Balaban J connectivity index is 1.24. The standard InChI is InChI=1S/C31H53NO4/c1-6-22-26-17-21(33)11-14-31(26,5)25-12-15-30(4)23(9-10-24(30)27(25)28(22)34)18(2)13-16-36-29(35)32-19(3)20-7-8-20/h18-28,33-34H,6-17H2,1-5H3,(H,32,35)/t18-,19+,21-,22-,23-,24+,25+,26?,27?,28-,30?,31-/m1/s1. The first-order valence-electron chi connectivity index (χ1n) is 15.4. The molecule has 5 fully saturated rings. The molecule has 5 aliphatic carbocycles. The number of carbonyl (C=O) groups excluding carboxylic acids is 1. The lowest BCUT2D eigenvalue weighted by Crippen LogP contribution is -2.62. The van der Waals surface area contributed by atoms with Crippen LogP contribution in [0.15, 0.2) is 0 Å². The zero-order valence-electron chi connectivity index (χ0n) is 23.5. The lowest BCUT2D eigenvalue weighted by atomic mass is 9.41. The Morgan fingerprint density at radius 3 is 2.36 bits per heavy atom. The van der Waals surface area contributed by atoms with Gasteiger partial charge in [-0.2, -0.15) is 0 Å². The average molecular weight is 504 g/mol. The summed E-state index contributed by atoms with van der Waals surface area (Å²) >= 11 is 0. The third-order valence-corrected chi connectivity index (χ3v) is 12.6. The summed E-state index contributed by atoms with van der Waals surface area (Å²) in [5.41, 5.74) is 0.521. The molecule has 0 radical (unpaired) electrons. The maximum Gasteiger partial charge on any atom is 0.407 e. The van der Waals surface area contributed by atoms with Crippen LogP contribution in [0, 0.1) is 58.2 Å². The number of fused-ring (bicyclic) bond motifs is 5. The highest BCUT2D eigenvalue weighted by Crippen LogP contribution is 2.69. The van der Waals surface area contributed by atoms with E-state index in [0.717, 1.165) is 32.1 Å². The van der Waals surface area contributed by atoms with Gasteiger partial charge in [0.25, 0.3) is 0 Å². The van der Waals surface area contributed by atoms with Crippen molar-refractivity contribution in [3.05, 3.63) is 0 Å². The minimum atomic E-state index is -0.256. The molecule has 36 heavy (non-hydrogen) atoms. The minimum absolute atomic E-state index is 0.187. The van der Waals surface area contributed by atoms with Gasteiger partial charge in [-0.05, 0) is 129 Å². The largest absolute Gasteiger partial charge is 0.450 e. The van der Waals surface area contributed by atoms with Gasteiger partial charge in [-0.1, -0.05) is 34.1 Å². The maximum absolute atomic E-state index is 12.2. The zero-order chi connectivity index (χ0) is 25.8. The highest BCUT2D eigenvalue weighted by atomic mass is 16.5. The summed E-state index contributed by atoms with van der Waals surface area (Å²) in [6.45, 7) is 12.2. The van der Waals surface area contributed by atoms with Gasteiger partial charge in [0.15, 0.2) is 0 Å². The Hall–Kier alpha value is -0.810. The number of carbonyl (C=O) groups is 1. The Morgan fingerprint density at radius 2 is 1.67 bits per heavy atom. The quantitative estimate of drug-likeness (QED) is 0.388. The van der Waals surface area contributed by atoms with Gasteiger partial charge < -0.3 is 20.3 Å². The number of ether oxygens (including phenoxy) is 1. The van der Waals surface area contributed by atoms with Gasteiger partial charge in [-0.25, -0.2) is 4.79 Å². The molecule has 0 bridgehead atoms. The number of hydrogen-bond donors (Lipinski definition) is 3. The number of hydrogen-bond acceptors (Lipinski definition) is 4. The van der Waals surface area contributed by atoms with Crippen LogP contribution in [0.2, 0.25) is 0 Å². The van der Waals surface area contributed by atoms with Crippen molar-refractivity contribution in [3.63, 3.8) is 0 Å². The van der Waals surface area contributed by atoms with E-state index in [4.69, 9.17) is 4.74 Å². The van der Waals surface area contributed by atoms with E-state index in [0.29, 0.717) is 54.0 Å². The predicted octanol–water partition coefficient (Wildman–Crippen LogP) is 6.16. The molecule has 0 spiro atoms. The Bertz CT molecular complexity index is 799. The van der Waals surface area contributed by atoms with E-state index in [1.165, 1.54) is 38.5 Å². The Labute approximate surface area is 219 Å². The van der Waals surface area contributed by atoms with E-state index in [1.54, 1.807) is 0 Å². The van der Waals surface area contributed by atoms with Crippen molar-refractivity contribution < 1.29 is 19.7 Å². The molecule has 206 valence electrons. The molecule has 5 rings (SSSR count). The van der Waals surface area contributed by atoms with E-state index in [-0.39, 0.29) is 35.2 Å². The smallest absolute Gasteiger partial charge is 0.407 e. The van der Waals surface area contributed by atoms with E-state index >= 15 is 0 Å². The van der Waals surface area contributed by atoms with Crippen molar-refractivity contribution in [1.29, 1.82) is 0 Å². The number of aliphatic hydroxyl groups is 2. The summed E-state index contributed by atoms with van der Waals surface area (Å²) in [4.78, 5) is 12.2. The van der Waals surface area contributed by atoms with Crippen LogP contribution in [0.4, 0.5) is 4.79 Å². The molecule has 5 saturated carbocycles. The average Bonchev–Trinajstić information content (AvgIpc) is 3.62. The molecule has 3 N–H and O–H groups in total. The molecule has 3 unspecified atom stereocenters. The van der Waals surface area contributed by atoms with Crippen molar-refractivity contribution >= 4 is 6.09 Å². The van der Waals surface area contributed by atoms with Gasteiger partial charge >= 0.3 is 6.09 Å². The number of rotatable bonds is 7. The van der Waals surface area contributed by atoms with Gasteiger partial charge in [0, 0.05) is 6.04 Å². The molecule has 0 aromatic rings. The first-order chi connectivity index (χ1) is 17.1. The van der Waals surface area contributed by atoms with Crippen LogP contribution in [0.5, 0.6) is 0 Å². The second-order valence-electron chi connectivity index (χ2n) is 14.3. The maximum atomic E-state index is 12.2. The van der Waals surface area contributed by atoms with Crippen LogP contribution in [-0.4, -0.2) is 41.2 Å². The zero-order valence-corrected chi connectivity index (χ0v) is 23.5. The van der Waals surface area contributed by atoms with Crippen molar-refractivity contribution in [1.82, 2.24) is 5.32 Å². The fourth-order valence-corrected chi connectivity index (χ4v) is 10.4. The van der Waals surface area contributed by atoms with Crippen molar-refractivity contribution in [3.8, 4) is 0 Å². The SMILES string of the molecule is CC[C@@H]1C2C[C@H](O)CC[C@]2(C)[C@H]2CCC3(C)[C@@H]([C@H](C)CCOC(=O)N[C@@H](C)C4CC4)CC[C@H]3C2[C@@H]1O. The molecule has 1 amide bonds. The first kappa shape index (κ1) is 26.8. The van der Waals surface area contributed by atoms with Crippen LogP contribution in [0.1, 0.15) is 105 Å². The van der Waals surface area contributed by atoms with E-state index in [2.05, 4.69) is 39.9 Å². The summed E-state index contributed by atoms with van der Waals surface area (Å²) in [5.74, 6) is 4.12. The molecule has 0 aromatic carbocycles. The number of amides is 1. The third-order valence-electron chi connectivity index (χ3n) is 12.6. The van der Waals surface area contributed by atoms with Gasteiger partial charge in [0.2, 0.25) is 0 Å². The molecule has 5 nitrogen and oxygen atoms in total. The van der Waals surface area contributed by atoms with Crippen LogP contribution >= 0.6 is 0 Å². The topological polar surface area (TPSA) is 78.8 Å².